The van der Waals surface area contributed by atoms with E-state index in [9.17, 15) is 19.5 Å². The zero-order valence-electron chi connectivity index (χ0n) is 12.7. The predicted molar refractivity (Wildman–Crippen MR) is 75.6 cm³/mol. The second-order valence-corrected chi connectivity index (χ2v) is 6.02. The number of carboxylic acids is 1. The number of rotatable bonds is 3. The summed E-state index contributed by atoms with van der Waals surface area (Å²) in [5.41, 5.74) is 0. The number of likely N-dealkylation sites (tertiary alicyclic amines) is 1. The monoisotopic (exact) mass is 297 g/mol. The van der Waals surface area contributed by atoms with Crippen LogP contribution in [0.15, 0.2) is 0 Å². The molecule has 0 radical (unpaired) electrons. The molecule has 2 amide bonds. The largest absolute Gasteiger partial charge is 0.480 e. The van der Waals surface area contributed by atoms with Gasteiger partial charge in [0.1, 0.15) is 12.6 Å². The third-order valence-electron chi connectivity index (χ3n) is 4.58. The molecule has 0 aromatic rings. The van der Waals surface area contributed by atoms with E-state index in [1.807, 2.05) is 0 Å². The number of hydrogen-bond acceptors (Lipinski definition) is 4. The quantitative estimate of drug-likeness (QED) is 0.744. The molecule has 0 aromatic carbocycles. The van der Waals surface area contributed by atoms with Gasteiger partial charge in [0.25, 0.3) is 0 Å². The van der Waals surface area contributed by atoms with Gasteiger partial charge in [0.15, 0.2) is 0 Å². The Hall–Kier alpha value is -1.63. The number of nitrogens with zero attached hydrogens (tertiary/aromatic N) is 2. The molecular formula is C14H23N3O4. The van der Waals surface area contributed by atoms with Crippen LogP contribution in [0.3, 0.4) is 0 Å². The van der Waals surface area contributed by atoms with Crippen molar-refractivity contribution in [3.05, 3.63) is 0 Å². The fourth-order valence-electron chi connectivity index (χ4n) is 3.44. The van der Waals surface area contributed by atoms with Crippen LogP contribution in [0.1, 0.15) is 33.6 Å². The van der Waals surface area contributed by atoms with E-state index in [2.05, 4.69) is 24.1 Å². The number of aliphatic carboxylic acids is 1. The van der Waals surface area contributed by atoms with Gasteiger partial charge >= 0.3 is 5.97 Å². The van der Waals surface area contributed by atoms with Gasteiger partial charge in [-0.2, -0.15) is 0 Å². The van der Waals surface area contributed by atoms with E-state index in [1.54, 1.807) is 6.92 Å². The van der Waals surface area contributed by atoms with Gasteiger partial charge in [0.2, 0.25) is 11.8 Å². The summed E-state index contributed by atoms with van der Waals surface area (Å²) in [4.78, 5) is 38.8. The third-order valence-corrected chi connectivity index (χ3v) is 4.58. The lowest BCUT2D eigenvalue weighted by Crippen LogP contribution is -2.63. The Kier molecular flexibility index (Phi) is 4.51. The number of carbonyl (C=O) groups is 3. The summed E-state index contributed by atoms with van der Waals surface area (Å²) in [7, 11) is 0. The van der Waals surface area contributed by atoms with Gasteiger partial charge in [-0.15, -0.1) is 0 Å². The Bertz CT molecular complexity index is 444. The summed E-state index contributed by atoms with van der Waals surface area (Å²) >= 11 is 0. The molecule has 2 heterocycles. The van der Waals surface area contributed by atoms with Gasteiger partial charge < -0.3 is 15.3 Å². The minimum absolute atomic E-state index is 0.0300. The lowest BCUT2D eigenvalue weighted by molar-refractivity contribution is -0.156. The first-order chi connectivity index (χ1) is 9.82. The van der Waals surface area contributed by atoms with Crippen LogP contribution in [0.5, 0.6) is 0 Å². The standard InChI is InChI=1S/C14H23N3O4/c1-8-4-5-9(2)17(8)10(3)13(19)16-7-12(18)15-6-11(16)14(20)21/h8-11H,4-7H2,1-3H3,(H,15,18)(H,20,21). The molecule has 7 nitrogen and oxygen atoms in total. The summed E-state index contributed by atoms with van der Waals surface area (Å²) in [5.74, 6) is -1.67. The first kappa shape index (κ1) is 15.8. The molecule has 2 aliphatic rings. The Balaban J connectivity index is 2.16. The molecule has 2 rings (SSSR count). The van der Waals surface area contributed by atoms with Crippen LogP contribution in [0.25, 0.3) is 0 Å². The first-order valence-corrected chi connectivity index (χ1v) is 7.40. The van der Waals surface area contributed by atoms with Crippen LogP contribution in [-0.4, -0.2) is 69.9 Å². The molecule has 0 bridgehead atoms. The summed E-state index contributed by atoms with van der Waals surface area (Å²) < 4.78 is 0. The molecule has 4 atom stereocenters. The molecule has 0 spiro atoms. The van der Waals surface area contributed by atoms with Gasteiger partial charge in [0, 0.05) is 18.6 Å². The molecule has 4 unspecified atom stereocenters. The molecule has 21 heavy (non-hydrogen) atoms. The van der Waals surface area contributed by atoms with Gasteiger partial charge in [-0.05, 0) is 33.6 Å². The Morgan fingerprint density at radius 1 is 1.29 bits per heavy atom. The fourth-order valence-corrected chi connectivity index (χ4v) is 3.44. The van der Waals surface area contributed by atoms with Crippen molar-refractivity contribution in [2.45, 2.75) is 57.8 Å². The molecule has 0 aliphatic carbocycles. The highest BCUT2D eigenvalue weighted by molar-refractivity contribution is 5.93. The zero-order chi connectivity index (χ0) is 15.7. The van der Waals surface area contributed by atoms with Crippen molar-refractivity contribution in [3.8, 4) is 0 Å². The van der Waals surface area contributed by atoms with E-state index < -0.39 is 18.1 Å². The topological polar surface area (TPSA) is 90.0 Å². The maximum Gasteiger partial charge on any atom is 0.328 e. The van der Waals surface area contributed by atoms with Crippen LogP contribution < -0.4 is 5.32 Å². The van der Waals surface area contributed by atoms with Crippen molar-refractivity contribution >= 4 is 17.8 Å². The van der Waals surface area contributed by atoms with E-state index >= 15 is 0 Å². The number of carboxylic acid groups (broad SMARTS) is 1. The van der Waals surface area contributed by atoms with Crippen LogP contribution in [0.2, 0.25) is 0 Å². The Morgan fingerprint density at radius 2 is 1.86 bits per heavy atom. The molecule has 2 saturated heterocycles. The second kappa shape index (κ2) is 6.01. The lowest BCUT2D eigenvalue weighted by Gasteiger charge is -2.38. The summed E-state index contributed by atoms with van der Waals surface area (Å²) in [6, 6.07) is -0.808. The van der Waals surface area contributed by atoms with E-state index in [0.717, 1.165) is 12.8 Å². The molecular weight excluding hydrogens is 274 g/mol. The number of piperazine rings is 1. The highest BCUT2D eigenvalue weighted by atomic mass is 16.4. The molecule has 7 heteroatoms. The number of nitrogens with one attached hydrogen (secondary N) is 1. The van der Waals surface area contributed by atoms with E-state index in [4.69, 9.17) is 0 Å². The van der Waals surface area contributed by atoms with Crippen LogP contribution in [0, 0.1) is 0 Å². The summed E-state index contributed by atoms with van der Waals surface area (Å²) in [6.07, 6.45) is 2.06. The number of carbonyl (C=O) groups excluding carboxylic acids is 2. The smallest absolute Gasteiger partial charge is 0.328 e. The maximum absolute atomic E-state index is 12.7. The van der Waals surface area contributed by atoms with Crippen LogP contribution in [-0.2, 0) is 14.4 Å². The van der Waals surface area contributed by atoms with Gasteiger partial charge in [0.05, 0.1) is 6.04 Å². The minimum atomic E-state index is -1.09. The van der Waals surface area contributed by atoms with Crippen LogP contribution >= 0.6 is 0 Å². The van der Waals surface area contributed by atoms with Gasteiger partial charge in [-0.25, -0.2) is 4.79 Å². The summed E-state index contributed by atoms with van der Waals surface area (Å²) in [6.45, 7) is 5.73. The van der Waals surface area contributed by atoms with Gasteiger partial charge in [-0.3, -0.25) is 14.5 Å². The zero-order valence-corrected chi connectivity index (χ0v) is 12.7. The van der Waals surface area contributed by atoms with Gasteiger partial charge in [-0.1, -0.05) is 0 Å². The SMILES string of the molecule is CC1CCC(C)N1C(C)C(=O)N1CC(=O)NCC1C(=O)O. The van der Waals surface area contributed by atoms with E-state index in [0.29, 0.717) is 12.1 Å². The number of amides is 2. The van der Waals surface area contributed by atoms with Crippen LogP contribution in [0.4, 0.5) is 0 Å². The molecule has 2 N–H and O–H groups in total. The van der Waals surface area contributed by atoms with E-state index in [-0.39, 0.29) is 24.9 Å². The normalized spacial score (nSPS) is 31.9. The lowest BCUT2D eigenvalue weighted by atomic mass is 10.1. The molecule has 118 valence electrons. The Morgan fingerprint density at radius 3 is 2.38 bits per heavy atom. The maximum atomic E-state index is 12.7. The van der Waals surface area contributed by atoms with Crippen molar-refractivity contribution in [2.75, 3.05) is 13.1 Å². The second-order valence-electron chi connectivity index (χ2n) is 6.02. The minimum Gasteiger partial charge on any atom is -0.480 e. The van der Waals surface area contributed by atoms with E-state index in [1.165, 1.54) is 4.90 Å². The molecule has 0 aromatic heterocycles. The molecule has 0 saturated carbocycles. The molecule has 2 aliphatic heterocycles. The third kappa shape index (κ3) is 3.02. The first-order valence-electron chi connectivity index (χ1n) is 7.40. The van der Waals surface area contributed by atoms with Crippen molar-refractivity contribution in [3.63, 3.8) is 0 Å². The Labute approximate surface area is 124 Å². The molecule has 2 fully saturated rings. The fraction of sp³-hybridized carbons (Fsp3) is 0.786. The van der Waals surface area contributed by atoms with Crippen molar-refractivity contribution < 1.29 is 19.5 Å². The highest BCUT2D eigenvalue weighted by Gasteiger charge is 2.41. The van der Waals surface area contributed by atoms with Crippen molar-refractivity contribution in [1.29, 1.82) is 0 Å². The highest BCUT2D eigenvalue weighted by Crippen LogP contribution is 2.27. The predicted octanol–water partition coefficient (Wildman–Crippen LogP) is -0.341. The summed E-state index contributed by atoms with van der Waals surface area (Å²) in [5, 5.41) is 11.7. The average Bonchev–Trinajstić information content (AvgIpc) is 2.76. The average molecular weight is 297 g/mol. The van der Waals surface area contributed by atoms with Crippen molar-refractivity contribution in [2.24, 2.45) is 0 Å². The number of hydrogen-bond donors (Lipinski definition) is 2. The van der Waals surface area contributed by atoms with Crippen molar-refractivity contribution in [1.82, 2.24) is 15.1 Å².